The van der Waals surface area contributed by atoms with Gasteiger partial charge in [0.2, 0.25) is 0 Å². The molecule has 0 aliphatic heterocycles. The second kappa shape index (κ2) is 7.47. The summed E-state index contributed by atoms with van der Waals surface area (Å²) in [6.07, 6.45) is 2.34. The molecule has 6 nitrogen and oxygen atoms in total. The lowest BCUT2D eigenvalue weighted by molar-refractivity contribution is 0.102. The first-order valence-electron chi connectivity index (χ1n) is 9.40. The van der Waals surface area contributed by atoms with E-state index in [1.54, 1.807) is 7.11 Å². The standard InChI is InChI=1S/C21H24N4O2S/c1-13-11-19(14(2)24(13)16-7-9-18(27-4)10-8-16)20(26)12-28-21-23-22-15(3)25(21)17-5-6-17/h7-11,17H,5-6,12H2,1-4H3. The van der Waals surface area contributed by atoms with Crippen LogP contribution in [-0.4, -0.2) is 38.0 Å². The average molecular weight is 397 g/mol. The van der Waals surface area contributed by atoms with E-state index < -0.39 is 0 Å². The fourth-order valence-corrected chi connectivity index (χ4v) is 4.52. The van der Waals surface area contributed by atoms with Crippen molar-refractivity contribution >= 4 is 17.5 Å². The highest BCUT2D eigenvalue weighted by atomic mass is 32.2. The molecule has 7 heteroatoms. The Balaban J connectivity index is 1.53. The minimum atomic E-state index is 0.112. The third-order valence-corrected chi connectivity index (χ3v) is 6.08. The Kier molecular flexibility index (Phi) is 5.02. The Hall–Kier alpha value is -2.54. The number of aromatic nitrogens is 4. The number of hydrogen-bond acceptors (Lipinski definition) is 5. The van der Waals surface area contributed by atoms with Crippen LogP contribution in [0.15, 0.2) is 35.5 Å². The molecule has 1 aliphatic carbocycles. The van der Waals surface area contributed by atoms with Gasteiger partial charge in [0.15, 0.2) is 10.9 Å². The summed E-state index contributed by atoms with van der Waals surface area (Å²) < 4.78 is 9.51. The number of hydrogen-bond donors (Lipinski definition) is 0. The largest absolute Gasteiger partial charge is 0.497 e. The maximum Gasteiger partial charge on any atom is 0.191 e. The number of carbonyl (C=O) groups excluding carboxylic acids is 1. The predicted octanol–water partition coefficient (Wildman–Crippen LogP) is 4.31. The van der Waals surface area contributed by atoms with E-state index >= 15 is 0 Å². The maximum absolute atomic E-state index is 12.9. The average Bonchev–Trinajstić information content (AvgIpc) is 3.40. The molecule has 0 bridgehead atoms. The molecule has 1 fully saturated rings. The lowest BCUT2D eigenvalue weighted by atomic mass is 10.2. The van der Waals surface area contributed by atoms with Gasteiger partial charge in [-0.2, -0.15) is 0 Å². The SMILES string of the molecule is COc1ccc(-n2c(C)cc(C(=O)CSc3nnc(C)n3C3CC3)c2C)cc1. The molecule has 0 radical (unpaired) electrons. The minimum Gasteiger partial charge on any atom is -0.497 e. The van der Waals surface area contributed by atoms with Crippen LogP contribution in [0, 0.1) is 20.8 Å². The van der Waals surface area contributed by atoms with Crippen LogP contribution in [0.25, 0.3) is 5.69 Å². The maximum atomic E-state index is 12.9. The van der Waals surface area contributed by atoms with Crippen molar-refractivity contribution in [1.82, 2.24) is 19.3 Å². The lowest BCUT2D eigenvalue weighted by Crippen LogP contribution is -2.07. The molecule has 4 rings (SSSR count). The van der Waals surface area contributed by atoms with E-state index in [0.29, 0.717) is 11.8 Å². The number of benzene rings is 1. The van der Waals surface area contributed by atoms with E-state index in [9.17, 15) is 4.79 Å². The summed E-state index contributed by atoms with van der Waals surface area (Å²) in [7, 11) is 1.65. The molecule has 0 N–H and O–H groups in total. The van der Waals surface area contributed by atoms with E-state index in [1.165, 1.54) is 24.6 Å². The van der Waals surface area contributed by atoms with Gasteiger partial charge >= 0.3 is 0 Å². The van der Waals surface area contributed by atoms with Crippen LogP contribution < -0.4 is 4.74 Å². The van der Waals surface area contributed by atoms with E-state index in [4.69, 9.17) is 4.74 Å². The monoisotopic (exact) mass is 396 g/mol. The van der Waals surface area contributed by atoms with E-state index in [0.717, 1.165) is 39.4 Å². The zero-order valence-electron chi connectivity index (χ0n) is 16.6. The summed E-state index contributed by atoms with van der Waals surface area (Å²) in [6.45, 7) is 5.99. The lowest BCUT2D eigenvalue weighted by Gasteiger charge is -2.11. The molecule has 1 aliphatic rings. The van der Waals surface area contributed by atoms with Crippen LogP contribution in [0.1, 0.15) is 46.5 Å². The molecule has 28 heavy (non-hydrogen) atoms. The molecule has 1 aromatic carbocycles. The van der Waals surface area contributed by atoms with Gasteiger partial charge < -0.3 is 13.9 Å². The van der Waals surface area contributed by atoms with Crippen molar-refractivity contribution in [1.29, 1.82) is 0 Å². The molecule has 0 atom stereocenters. The van der Waals surface area contributed by atoms with Crippen molar-refractivity contribution < 1.29 is 9.53 Å². The van der Waals surface area contributed by atoms with E-state index in [-0.39, 0.29) is 5.78 Å². The number of carbonyl (C=O) groups is 1. The van der Waals surface area contributed by atoms with Crippen molar-refractivity contribution in [2.75, 3.05) is 12.9 Å². The number of Topliss-reactive ketones (excluding diaryl/α,β-unsaturated/α-hetero) is 1. The van der Waals surface area contributed by atoms with Crippen molar-refractivity contribution in [3.8, 4) is 11.4 Å². The summed E-state index contributed by atoms with van der Waals surface area (Å²) in [5.41, 5.74) is 3.77. The van der Waals surface area contributed by atoms with Crippen LogP contribution in [0.2, 0.25) is 0 Å². The topological polar surface area (TPSA) is 61.9 Å². The Morgan fingerprint density at radius 2 is 1.89 bits per heavy atom. The minimum absolute atomic E-state index is 0.112. The molecule has 1 saturated carbocycles. The van der Waals surface area contributed by atoms with Crippen molar-refractivity contribution in [3.63, 3.8) is 0 Å². The molecule has 146 valence electrons. The molecular weight excluding hydrogens is 372 g/mol. The van der Waals surface area contributed by atoms with Gasteiger partial charge in [0.1, 0.15) is 11.6 Å². The normalized spacial score (nSPS) is 13.7. The number of ketones is 1. The van der Waals surface area contributed by atoms with Gasteiger partial charge in [-0.3, -0.25) is 4.79 Å². The summed E-state index contributed by atoms with van der Waals surface area (Å²) in [5.74, 6) is 2.21. The molecule has 2 heterocycles. The smallest absolute Gasteiger partial charge is 0.191 e. The fourth-order valence-electron chi connectivity index (χ4n) is 3.58. The van der Waals surface area contributed by atoms with Gasteiger partial charge in [0, 0.05) is 28.7 Å². The quantitative estimate of drug-likeness (QED) is 0.440. The van der Waals surface area contributed by atoms with Crippen LogP contribution in [0.3, 0.4) is 0 Å². The second-order valence-electron chi connectivity index (χ2n) is 7.16. The van der Waals surface area contributed by atoms with Crippen LogP contribution in [0.5, 0.6) is 5.75 Å². The van der Waals surface area contributed by atoms with Crippen LogP contribution in [0.4, 0.5) is 0 Å². The second-order valence-corrected chi connectivity index (χ2v) is 8.10. The third-order valence-electron chi connectivity index (χ3n) is 5.14. The summed E-state index contributed by atoms with van der Waals surface area (Å²) in [4.78, 5) is 12.9. The number of aryl methyl sites for hydroxylation is 2. The molecule has 0 amide bonds. The third kappa shape index (κ3) is 3.46. The van der Waals surface area contributed by atoms with Gasteiger partial charge in [-0.1, -0.05) is 11.8 Å². The Morgan fingerprint density at radius 3 is 2.54 bits per heavy atom. The number of nitrogens with zero attached hydrogens (tertiary/aromatic N) is 4. The highest BCUT2D eigenvalue weighted by Gasteiger charge is 2.28. The molecule has 2 aromatic heterocycles. The first-order valence-corrected chi connectivity index (χ1v) is 10.4. The zero-order chi connectivity index (χ0) is 19.8. The molecule has 0 saturated heterocycles. The van der Waals surface area contributed by atoms with Crippen molar-refractivity contribution in [3.05, 3.63) is 53.1 Å². The number of rotatable bonds is 7. The highest BCUT2D eigenvalue weighted by molar-refractivity contribution is 7.99. The van der Waals surface area contributed by atoms with Gasteiger partial charge in [0.25, 0.3) is 0 Å². The van der Waals surface area contributed by atoms with Crippen molar-refractivity contribution in [2.24, 2.45) is 0 Å². The summed E-state index contributed by atoms with van der Waals surface area (Å²) in [5, 5.41) is 9.29. The first kappa shape index (κ1) is 18.8. The van der Waals surface area contributed by atoms with E-state index in [1.807, 2.05) is 51.1 Å². The van der Waals surface area contributed by atoms with Gasteiger partial charge in [-0.05, 0) is 63.9 Å². The Labute approximate surface area is 168 Å². The number of methoxy groups -OCH3 is 1. The van der Waals surface area contributed by atoms with Crippen molar-refractivity contribution in [2.45, 2.75) is 44.8 Å². The van der Waals surface area contributed by atoms with E-state index in [2.05, 4.69) is 19.3 Å². The van der Waals surface area contributed by atoms with Gasteiger partial charge in [0.05, 0.1) is 12.9 Å². The predicted molar refractivity (Wildman–Crippen MR) is 110 cm³/mol. The highest BCUT2D eigenvalue weighted by Crippen LogP contribution is 2.38. The van der Waals surface area contributed by atoms with Crippen LogP contribution in [-0.2, 0) is 0 Å². The number of thioether (sulfide) groups is 1. The molecular formula is C21H24N4O2S. The van der Waals surface area contributed by atoms with Gasteiger partial charge in [-0.25, -0.2) is 0 Å². The summed E-state index contributed by atoms with van der Waals surface area (Å²) in [6, 6.07) is 10.3. The first-order chi connectivity index (χ1) is 13.5. The van der Waals surface area contributed by atoms with Crippen LogP contribution >= 0.6 is 11.8 Å². The number of ether oxygens (including phenoxy) is 1. The molecule has 0 unspecified atom stereocenters. The Bertz CT molecular complexity index is 1020. The fraction of sp³-hybridized carbons (Fsp3) is 0.381. The molecule has 3 aromatic rings. The molecule has 0 spiro atoms. The zero-order valence-corrected chi connectivity index (χ0v) is 17.4. The van der Waals surface area contributed by atoms with Gasteiger partial charge in [-0.15, -0.1) is 10.2 Å². The summed E-state index contributed by atoms with van der Waals surface area (Å²) >= 11 is 1.48. The Morgan fingerprint density at radius 1 is 1.18 bits per heavy atom.